The van der Waals surface area contributed by atoms with Crippen molar-refractivity contribution in [1.82, 2.24) is 25.3 Å². The van der Waals surface area contributed by atoms with Crippen molar-refractivity contribution in [3.8, 4) is 17.0 Å². The highest BCUT2D eigenvalue weighted by molar-refractivity contribution is 7.99. The molecular weight excluding hydrogens is 362 g/mol. The minimum atomic E-state index is -0.0703. The van der Waals surface area contributed by atoms with E-state index in [0.717, 1.165) is 29.0 Å². The van der Waals surface area contributed by atoms with Crippen LogP contribution in [0.1, 0.15) is 5.56 Å². The molecule has 0 bridgehead atoms. The Morgan fingerprint density at radius 2 is 2.07 bits per heavy atom. The molecular formula is C19H17N5O2S. The molecule has 27 heavy (non-hydrogen) atoms. The number of fused-ring (bicyclic) bond motifs is 1. The Hall–Kier alpha value is -3.00. The van der Waals surface area contributed by atoms with Crippen molar-refractivity contribution in [2.75, 3.05) is 12.3 Å². The van der Waals surface area contributed by atoms with E-state index < -0.39 is 0 Å². The quantitative estimate of drug-likeness (QED) is 0.518. The van der Waals surface area contributed by atoms with Crippen molar-refractivity contribution in [3.05, 3.63) is 60.8 Å². The van der Waals surface area contributed by atoms with Gasteiger partial charge in [0.1, 0.15) is 11.9 Å². The van der Waals surface area contributed by atoms with E-state index >= 15 is 0 Å². The summed E-state index contributed by atoms with van der Waals surface area (Å²) in [6, 6.07) is 7.74. The first-order valence-corrected chi connectivity index (χ1v) is 9.49. The summed E-state index contributed by atoms with van der Waals surface area (Å²) in [6.07, 6.45) is 9.07. The Balaban J connectivity index is 1.29. The molecule has 0 fully saturated rings. The molecule has 0 spiro atoms. The van der Waals surface area contributed by atoms with Crippen molar-refractivity contribution >= 4 is 17.7 Å². The molecule has 4 rings (SSSR count). The molecule has 0 radical (unpaired) electrons. The maximum Gasteiger partial charge on any atom is 0.230 e. The second kappa shape index (κ2) is 8.13. The van der Waals surface area contributed by atoms with Crippen molar-refractivity contribution in [1.29, 1.82) is 0 Å². The largest absolute Gasteiger partial charge is 0.488 e. The molecule has 1 aliphatic rings. The first-order valence-electron chi connectivity index (χ1n) is 8.50. The highest BCUT2D eigenvalue weighted by Gasteiger charge is 2.23. The van der Waals surface area contributed by atoms with Gasteiger partial charge in [-0.25, -0.2) is 9.97 Å². The van der Waals surface area contributed by atoms with Gasteiger partial charge in [0.05, 0.1) is 24.2 Å². The molecule has 0 saturated carbocycles. The summed E-state index contributed by atoms with van der Waals surface area (Å²) in [4.78, 5) is 28.6. The van der Waals surface area contributed by atoms with Gasteiger partial charge in [0.25, 0.3) is 0 Å². The van der Waals surface area contributed by atoms with Crippen LogP contribution in [0.4, 0.5) is 0 Å². The molecule has 8 heteroatoms. The van der Waals surface area contributed by atoms with Crippen molar-refractivity contribution in [2.24, 2.45) is 0 Å². The number of nitrogens with zero attached hydrogens (tertiary/aromatic N) is 4. The van der Waals surface area contributed by atoms with Crippen LogP contribution in [-0.2, 0) is 11.2 Å². The van der Waals surface area contributed by atoms with Gasteiger partial charge < -0.3 is 10.1 Å². The third-order valence-electron chi connectivity index (χ3n) is 4.06. The van der Waals surface area contributed by atoms with E-state index in [1.807, 2.05) is 12.1 Å². The van der Waals surface area contributed by atoms with Gasteiger partial charge in [-0.1, -0.05) is 11.8 Å². The van der Waals surface area contributed by atoms with Crippen LogP contribution in [0.5, 0.6) is 5.75 Å². The Kier molecular flexibility index (Phi) is 5.24. The maximum atomic E-state index is 12.0. The van der Waals surface area contributed by atoms with Crippen LogP contribution in [0.15, 0.2) is 60.4 Å². The zero-order valence-electron chi connectivity index (χ0n) is 14.4. The fourth-order valence-corrected chi connectivity index (χ4v) is 3.44. The average Bonchev–Trinajstić information content (AvgIpc) is 3.14. The standard InChI is InChI=1S/C19H17N5O2S/c25-18(12-27-19-22-4-1-5-23-19)24-10-15-9-14-8-13(2-3-17(14)26-15)16-11-20-6-7-21-16/h1-8,11,15H,9-10,12H2,(H,24,25). The molecule has 7 nitrogen and oxygen atoms in total. The number of amides is 1. The van der Waals surface area contributed by atoms with Gasteiger partial charge >= 0.3 is 0 Å². The Morgan fingerprint density at radius 3 is 2.89 bits per heavy atom. The van der Waals surface area contributed by atoms with E-state index in [1.54, 1.807) is 37.1 Å². The molecule has 2 aromatic heterocycles. The van der Waals surface area contributed by atoms with E-state index in [9.17, 15) is 4.79 Å². The number of ether oxygens (including phenoxy) is 1. The molecule has 1 amide bonds. The smallest absolute Gasteiger partial charge is 0.230 e. The molecule has 3 heterocycles. The predicted molar refractivity (Wildman–Crippen MR) is 101 cm³/mol. The second-order valence-electron chi connectivity index (χ2n) is 5.98. The molecule has 3 aromatic rings. The van der Waals surface area contributed by atoms with E-state index in [4.69, 9.17) is 4.74 Å². The number of thioether (sulfide) groups is 1. The fraction of sp³-hybridized carbons (Fsp3) is 0.211. The number of carbonyl (C=O) groups is 1. The van der Waals surface area contributed by atoms with Gasteiger partial charge in [-0.2, -0.15) is 0 Å². The zero-order valence-corrected chi connectivity index (χ0v) is 15.2. The second-order valence-corrected chi connectivity index (χ2v) is 6.92. The number of nitrogens with one attached hydrogen (secondary N) is 1. The van der Waals surface area contributed by atoms with Crippen LogP contribution >= 0.6 is 11.8 Å². The summed E-state index contributed by atoms with van der Waals surface area (Å²) in [7, 11) is 0. The lowest BCUT2D eigenvalue weighted by Crippen LogP contribution is -2.35. The van der Waals surface area contributed by atoms with Crippen LogP contribution in [-0.4, -0.2) is 44.2 Å². The predicted octanol–water partition coefficient (Wildman–Crippen LogP) is 2.15. The van der Waals surface area contributed by atoms with Gasteiger partial charge in [0, 0.05) is 36.8 Å². The number of rotatable bonds is 6. The third-order valence-corrected chi connectivity index (χ3v) is 4.94. The minimum absolute atomic E-state index is 0.0627. The maximum absolute atomic E-state index is 12.0. The van der Waals surface area contributed by atoms with Gasteiger partial charge in [-0.3, -0.25) is 14.8 Å². The lowest BCUT2D eigenvalue weighted by molar-refractivity contribution is -0.118. The Morgan fingerprint density at radius 1 is 1.19 bits per heavy atom. The molecule has 1 unspecified atom stereocenters. The minimum Gasteiger partial charge on any atom is -0.488 e. The number of carbonyl (C=O) groups excluding carboxylic acids is 1. The molecule has 0 saturated heterocycles. The van der Waals surface area contributed by atoms with E-state index in [-0.39, 0.29) is 17.8 Å². The van der Waals surface area contributed by atoms with E-state index in [0.29, 0.717) is 11.7 Å². The van der Waals surface area contributed by atoms with Gasteiger partial charge in [0.15, 0.2) is 5.16 Å². The summed E-state index contributed by atoms with van der Waals surface area (Å²) < 4.78 is 5.93. The summed E-state index contributed by atoms with van der Waals surface area (Å²) in [5.74, 6) is 1.07. The Labute approximate surface area is 160 Å². The molecule has 0 aliphatic carbocycles. The lowest BCUT2D eigenvalue weighted by atomic mass is 10.0. The summed E-state index contributed by atoms with van der Waals surface area (Å²) in [5, 5.41) is 3.50. The SMILES string of the molecule is O=C(CSc1ncccn1)NCC1Cc2cc(-c3cnccn3)ccc2O1. The van der Waals surface area contributed by atoms with Crippen molar-refractivity contribution < 1.29 is 9.53 Å². The van der Waals surface area contributed by atoms with Crippen LogP contribution in [0, 0.1) is 0 Å². The number of hydrogen-bond acceptors (Lipinski definition) is 7. The Bertz CT molecular complexity index is 924. The molecule has 1 aliphatic heterocycles. The number of benzene rings is 1. The van der Waals surface area contributed by atoms with Gasteiger partial charge in [0.2, 0.25) is 5.91 Å². The van der Waals surface area contributed by atoms with E-state index in [1.165, 1.54) is 11.8 Å². The van der Waals surface area contributed by atoms with E-state index in [2.05, 4.69) is 31.3 Å². The molecule has 1 aromatic carbocycles. The van der Waals surface area contributed by atoms with Crippen molar-refractivity contribution in [2.45, 2.75) is 17.7 Å². The highest BCUT2D eigenvalue weighted by Crippen LogP contribution is 2.32. The number of aromatic nitrogens is 4. The third kappa shape index (κ3) is 4.40. The topological polar surface area (TPSA) is 89.9 Å². The summed E-state index contributed by atoms with van der Waals surface area (Å²) >= 11 is 1.31. The fourth-order valence-electron chi connectivity index (χ4n) is 2.81. The zero-order chi connectivity index (χ0) is 18.5. The van der Waals surface area contributed by atoms with Crippen LogP contribution in [0.2, 0.25) is 0 Å². The highest BCUT2D eigenvalue weighted by atomic mass is 32.2. The monoisotopic (exact) mass is 379 g/mol. The number of hydrogen-bond donors (Lipinski definition) is 1. The molecule has 136 valence electrons. The first-order chi connectivity index (χ1) is 13.3. The van der Waals surface area contributed by atoms with Gasteiger partial charge in [-0.15, -0.1) is 0 Å². The lowest BCUT2D eigenvalue weighted by Gasteiger charge is -2.11. The van der Waals surface area contributed by atoms with Crippen LogP contribution in [0.3, 0.4) is 0 Å². The van der Waals surface area contributed by atoms with Crippen LogP contribution < -0.4 is 10.1 Å². The summed E-state index contributed by atoms with van der Waals surface area (Å²) in [5.41, 5.74) is 2.95. The van der Waals surface area contributed by atoms with Gasteiger partial charge in [-0.05, 0) is 29.8 Å². The molecule has 1 atom stereocenters. The summed E-state index contributed by atoms with van der Waals surface area (Å²) in [6.45, 7) is 0.462. The first kappa shape index (κ1) is 17.4. The van der Waals surface area contributed by atoms with Crippen LogP contribution in [0.25, 0.3) is 11.3 Å². The molecule has 1 N–H and O–H groups in total. The van der Waals surface area contributed by atoms with Crippen molar-refractivity contribution in [3.63, 3.8) is 0 Å². The average molecular weight is 379 g/mol. The normalized spacial score (nSPS) is 15.0.